The van der Waals surface area contributed by atoms with Crippen molar-refractivity contribution in [2.45, 2.75) is 19.4 Å². The topological polar surface area (TPSA) is 31.4 Å². The standard InChI is InChI=1S/C12H14ClNO2/c1-3-16-11-7-14-12(13)9-5-4-8(15-2)6-10(9)11/h5-8H,3-4H2,1-2H3. The molecule has 1 aliphatic rings. The van der Waals surface area contributed by atoms with E-state index < -0.39 is 0 Å². The maximum Gasteiger partial charge on any atom is 0.145 e. The molecule has 0 aliphatic heterocycles. The molecule has 0 saturated heterocycles. The predicted octanol–water partition coefficient (Wildman–Crippen LogP) is 1.11. The van der Waals surface area contributed by atoms with Crippen LogP contribution < -0.4 is 15.2 Å². The van der Waals surface area contributed by atoms with Gasteiger partial charge < -0.3 is 9.47 Å². The predicted molar refractivity (Wildman–Crippen MR) is 64.0 cm³/mol. The number of fused-ring (bicyclic) bond motifs is 1. The maximum atomic E-state index is 6.05. The molecule has 1 aromatic rings. The number of nitrogens with zero attached hydrogens (tertiary/aromatic N) is 1. The van der Waals surface area contributed by atoms with Crippen LogP contribution in [0.3, 0.4) is 0 Å². The first-order chi connectivity index (χ1) is 7.76. The molecular formula is C12H14ClNO2. The molecule has 0 radical (unpaired) electrons. The van der Waals surface area contributed by atoms with Gasteiger partial charge in [-0.15, -0.1) is 0 Å². The van der Waals surface area contributed by atoms with Crippen molar-refractivity contribution in [3.8, 4) is 5.75 Å². The van der Waals surface area contributed by atoms with E-state index in [4.69, 9.17) is 21.1 Å². The van der Waals surface area contributed by atoms with E-state index in [1.807, 2.05) is 19.1 Å². The quantitative estimate of drug-likeness (QED) is 0.741. The van der Waals surface area contributed by atoms with Gasteiger partial charge in [0.25, 0.3) is 0 Å². The second-order valence-corrected chi connectivity index (χ2v) is 3.91. The minimum absolute atomic E-state index is 0.0881. The Labute approximate surface area is 99.4 Å². The molecule has 1 atom stereocenters. The smallest absolute Gasteiger partial charge is 0.145 e. The van der Waals surface area contributed by atoms with Crippen LogP contribution in [0.4, 0.5) is 0 Å². The Morgan fingerprint density at radius 2 is 2.31 bits per heavy atom. The Bertz CT molecular complexity index is 498. The van der Waals surface area contributed by atoms with Gasteiger partial charge >= 0.3 is 0 Å². The molecule has 0 saturated carbocycles. The van der Waals surface area contributed by atoms with Crippen molar-refractivity contribution in [1.29, 1.82) is 0 Å². The van der Waals surface area contributed by atoms with Crippen LogP contribution in [-0.4, -0.2) is 24.8 Å². The maximum absolute atomic E-state index is 6.05. The van der Waals surface area contributed by atoms with Gasteiger partial charge in [0.2, 0.25) is 0 Å². The van der Waals surface area contributed by atoms with Crippen LogP contribution >= 0.6 is 11.6 Å². The summed E-state index contributed by atoms with van der Waals surface area (Å²) in [6.45, 7) is 2.56. The van der Waals surface area contributed by atoms with Gasteiger partial charge in [-0.3, -0.25) is 0 Å². The summed E-state index contributed by atoms with van der Waals surface area (Å²) in [5.74, 6) is 0.764. The molecule has 0 aromatic carbocycles. The zero-order valence-corrected chi connectivity index (χ0v) is 10.1. The summed E-state index contributed by atoms with van der Waals surface area (Å²) in [6.07, 6.45) is 6.65. The largest absolute Gasteiger partial charge is 0.492 e. The van der Waals surface area contributed by atoms with Crippen LogP contribution in [0.15, 0.2) is 6.20 Å². The minimum atomic E-state index is 0.0881. The van der Waals surface area contributed by atoms with Gasteiger partial charge in [-0.25, -0.2) is 4.98 Å². The van der Waals surface area contributed by atoms with E-state index >= 15 is 0 Å². The lowest BCUT2D eigenvalue weighted by Gasteiger charge is -2.14. The van der Waals surface area contributed by atoms with Crippen molar-refractivity contribution >= 4 is 23.8 Å². The molecule has 2 rings (SSSR count). The lowest BCUT2D eigenvalue weighted by atomic mass is 10.1. The molecule has 0 fully saturated rings. The van der Waals surface area contributed by atoms with Gasteiger partial charge in [0.15, 0.2) is 0 Å². The number of halogens is 1. The Kier molecular flexibility index (Phi) is 3.46. The fourth-order valence-corrected chi connectivity index (χ4v) is 2.01. The van der Waals surface area contributed by atoms with Gasteiger partial charge in [-0.05, 0) is 19.4 Å². The molecule has 16 heavy (non-hydrogen) atoms. The number of hydrogen-bond acceptors (Lipinski definition) is 3. The first-order valence-corrected chi connectivity index (χ1v) is 5.66. The highest BCUT2D eigenvalue weighted by Gasteiger charge is 2.11. The van der Waals surface area contributed by atoms with Gasteiger partial charge in [-0.2, -0.15) is 0 Å². The number of methoxy groups -OCH3 is 1. The van der Waals surface area contributed by atoms with Crippen LogP contribution in [0.5, 0.6) is 5.75 Å². The van der Waals surface area contributed by atoms with E-state index in [9.17, 15) is 0 Å². The molecule has 1 heterocycles. The Morgan fingerprint density at radius 3 is 3.00 bits per heavy atom. The summed E-state index contributed by atoms with van der Waals surface area (Å²) in [7, 11) is 1.70. The lowest BCUT2D eigenvalue weighted by Crippen LogP contribution is -2.34. The molecule has 1 aromatic heterocycles. The highest BCUT2D eigenvalue weighted by Crippen LogP contribution is 2.09. The summed E-state index contributed by atoms with van der Waals surface area (Å²) < 4.78 is 10.8. The fraction of sp³-hybridized carbons (Fsp3) is 0.417. The van der Waals surface area contributed by atoms with Gasteiger partial charge in [0.05, 0.1) is 18.9 Å². The van der Waals surface area contributed by atoms with Crippen molar-refractivity contribution in [3.05, 3.63) is 21.8 Å². The van der Waals surface area contributed by atoms with Crippen LogP contribution in [-0.2, 0) is 4.74 Å². The van der Waals surface area contributed by atoms with Crippen molar-refractivity contribution < 1.29 is 9.47 Å². The molecule has 86 valence electrons. The molecule has 4 heteroatoms. The number of aromatic nitrogens is 1. The summed E-state index contributed by atoms with van der Waals surface area (Å²) in [6, 6.07) is 0. The zero-order valence-electron chi connectivity index (χ0n) is 9.37. The van der Waals surface area contributed by atoms with E-state index in [0.717, 1.165) is 22.6 Å². The third kappa shape index (κ3) is 2.06. The highest BCUT2D eigenvalue weighted by molar-refractivity contribution is 6.29. The molecule has 0 N–H and O–H groups in total. The number of rotatable bonds is 3. The van der Waals surface area contributed by atoms with Crippen LogP contribution in [0.1, 0.15) is 13.3 Å². The third-order valence-electron chi connectivity index (χ3n) is 2.58. The molecule has 1 aliphatic carbocycles. The molecule has 1 unspecified atom stereocenters. The minimum Gasteiger partial charge on any atom is -0.492 e. The molecule has 0 bridgehead atoms. The van der Waals surface area contributed by atoms with Crippen molar-refractivity contribution in [1.82, 2.24) is 4.98 Å². The normalized spacial score (nSPS) is 18.3. The molecular weight excluding hydrogens is 226 g/mol. The average Bonchev–Trinajstić information content (AvgIpc) is 2.32. The van der Waals surface area contributed by atoms with E-state index in [2.05, 4.69) is 4.98 Å². The Balaban J connectivity index is 2.61. The first-order valence-electron chi connectivity index (χ1n) is 5.28. The van der Waals surface area contributed by atoms with Crippen molar-refractivity contribution in [2.75, 3.05) is 13.7 Å². The summed E-state index contributed by atoms with van der Waals surface area (Å²) in [5.41, 5.74) is 0. The van der Waals surface area contributed by atoms with E-state index in [-0.39, 0.29) is 6.10 Å². The number of hydrogen-bond donors (Lipinski definition) is 0. The van der Waals surface area contributed by atoms with Crippen molar-refractivity contribution in [3.63, 3.8) is 0 Å². The summed E-state index contributed by atoms with van der Waals surface area (Å²) in [5, 5.41) is 2.45. The lowest BCUT2D eigenvalue weighted by molar-refractivity contribution is 0.157. The Morgan fingerprint density at radius 1 is 1.50 bits per heavy atom. The SMILES string of the molecule is CCOc1cnc(Cl)c2c1=CC(OC)CC=2. The molecule has 3 nitrogen and oxygen atoms in total. The fourth-order valence-electron chi connectivity index (χ4n) is 1.79. The molecule has 0 spiro atoms. The summed E-state index contributed by atoms with van der Waals surface area (Å²) >= 11 is 6.05. The zero-order chi connectivity index (χ0) is 11.5. The second kappa shape index (κ2) is 4.85. The second-order valence-electron chi connectivity index (χ2n) is 3.55. The number of ether oxygens (including phenoxy) is 2. The van der Waals surface area contributed by atoms with Gasteiger partial charge in [0.1, 0.15) is 10.9 Å². The highest BCUT2D eigenvalue weighted by atomic mass is 35.5. The molecule has 0 amide bonds. The third-order valence-corrected chi connectivity index (χ3v) is 2.88. The Hall–Kier alpha value is -1.06. The average molecular weight is 240 g/mol. The van der Waals surface area contributed by atoms with Crippen LogP contribution in [0.2, 0.25) is 5.15 Å². The van der Waals surface area contributed by atoms with E-state index in [0.29, 0.717) is 11.8 Å². The number of pyridine rings is 1. The monoisotopic (exact) mass is 239 g/mol. The van der Waals surface area contributed by atoms with E-state index in [1.54, 1.807) is 13.3 Å². The van der Waals surface area contributed by atoms with Gasteiger partial charge in [-0.1, -0.05) is 17.7 Å². The van der Waals surface area contributed by atoms with Gasteiger partial charge in [0, 0.05) is 17.5 Å². The van der Waals surface area contributed by atoms with Crippen LogP contribution in [0.25, 0.3) is 12.2 Å². The van der Waals surface area contributed by atoms with Crippen molar-refractivity contribution in [2.24, 2.45) is 0 Å². The van der Waals surface area contributed by atoms with Crippen LogP contribution in [0, 0.1) is 0 Å². The van der Waals surface area contributed by atoms with E-state index in [1.165, 1.54) is 0 Å². The first kappa shape index (κ1) is 11.4. The summed E-state index contributed by atoms with van der Waals surface area (Å²) in [4.78, 5) is 4.11.